The summed E-state index contributed by atoms with van der Waals surface area (Å²) in [5, 5.41) is 0.849. The van der Waals surface area contributed by atoms with E-state index in [1.807, 2.05) is 66.9 Å². The number of nitrogens with zero attached hydrogens (tertiary/aromatic N) is 3. The van der Waals surface area contributed by atoms with Crippen molar-refractivity contribution in [3.8, 4) is 11.3 Å². The molecule has 5 heteroatoms. The van der Waals surface area contributed by atoms with Crippen molar-refractivity contribution in [3.63, 3.8) is 0 Å². The van der Waals surface area contributed by atoms with Crippen LogP contribution in [0.25, 0.3) is 38.8 Å². The monoisotopic (exact) mass is 361 g/mol. The second-order valence-electron chi connectivity index (χ2n) is 5.81. The molecule has 0 saturated carbocycles. The molecule has 0 unspecified atom stereocenters. The van der Waals surface area contributed by atoms with Crippen LogP contribution >= 0.6 is 0 Å². The number of hydrogen-bond acceptors (Lipinski definition) is 2. The fraction of sp³-hybridized carbons (Fsp3) is 0.0909. The number of para-hydroxylation sites is 1. The quantitative estimate of drug-likeness (QED) is 0.366. The summed E-state index contributed by atoms with van der Waals surface area (Å²) in [5.74, 6) is -1.29. The molecule has 3 heterocycles. The average molecular weight is 361 g/mol. The number of rotatable bonds is 1. The van der Waals surface area contributed by atoms with E-state index in [1.54, 1.807) is 0 Å². The minimum atomic E-state index is -0.644. The highest BCUT2D eigenvalue weighted by molar-refractivity contribution is 6.09. The Hall–Kier alpha value is -3.34. The van der Waals surface area contributed by atoms with Gasteiger partial charge in [0, 0.05) is 11.6 Å². The van der Waals surface area contributed by atoms with Crippen LogP contribution in [0.4, 0.5) is 8.78 Å². The second kappa shape index (κ2) is 6.76. The van der Waals surface area contributed by atoms with Gasteiger partial charge in [0.1, 0.15) is 34.0 Å². The van der Waals surface area contributed by atoms with Crippen molar-refractivity contribution < 1.29 is 8.78 Å². The summed E-state index contributed by atoms with van der Waals surface area (Å²) in [6.07, 6.45) is 1.82. The average Bonchev–Trinajstić information content (AvgIpc) is 3.09. The first-order valence-electron chi connectivity index (χ1n) is 8.84. The molecule has 27 heavy (non-hydrogen) atoms. The minimum Gasteiger partial charge on any atom is -0.298 e. The maximum Gasteiger partial charge on any atom is 0.137 e. The van der Waals surface area contributed by atoms with Crippen LogP contribution in [0.2, 0.25) is 0 Å². The number of halogens is 2. The van der Waals surface area contributed by atoms with Crippen molar-refractivity contribution >= 4 is 27.6 Å². The Kier molecular flexibility index (Phi) is 4.28. The summed E-state index contributed by atoms with van der Waals surface area (Å²) in [6, 6.07) is 16.9. The lowest BCUT2D eigenvalue weighted by Gasteiger charge is -2.09. The largest absolute Gasteiger partial charge is 0.298 e. The first-order chi connectivity index (χ1) is 13.2. The molecular weight excluding hydrogens is 344 g/mol. The third-order valence-corrected chi connectivity index (χ3v) is 4.35. The van der Waals surface area contributed by atoms with Crippen molar-refractivity contribution in [2.24, 2.45) is 0 Å². The summed E-state index contributed by atoms with van der Waals surface area (Å²) >= 11 is 0. The molecule has 5 rings (SSSR count). The number of pyridine rings is 2. The van der Waals surface area contributed by atoms with Gasteiger partial charge >= 0.3 is 0 Å². The predicted octanol–water partition coefficient (Wildman–Crippen LogP) is 6.01. The zero-order valence-electron chi connectivity index (χ0n) is 14.9. The van der Waals surface area contributed by atoms with E-state index in [2.05, 4.69) is 9.97 Å². The van der Waals surface area contributed by atoms with Gasteiger partial charge in [-0.15, -0.1) is 0 Å². The van der Waals surface area contributed by atoms with Crippen LogP contribution in [-0.4, -0.2) is 14.4 Å². The van der Waals surface area contributed by atoms with Crippen molar-refractivity contribution in [2.45, 2.75) is 13.8 Å². The molecule has 0 atom stereocenters. The molecule has 0 aliphatic rings. The molecule has 0 radical (unpaired) electrons. The maximum absolute atomic E-state index is 14.5. The van der Waals surface area contributed by atoms with Crippen LogP contribution in [0.15, 0.2) is 66.9 Å². The SMILES string of the molecule is CC.Fc1cccc(F)c1-c1nc2ccccc2c2nc3ccccn3c12. The van der Waals surface area contributed by atoms with E-state index in [-0.39, 0.29) is 11.3 Å². The van der Waals surface area contributed by atoms with Crippen LogP contribution in [0.3, 0.4) is 0 Å². The van der Waals surface area contributed by atoms with Gasteiger partial charge in [0.2, 0.25) is 0 Å². The Morgan fingerprint density at radius 3 is 2.26 bits per heavy atom. The highest BCUT2D eigenvalue weighted by Crippen LogP contribution is 2.35. The van der Waals surface area contributed by atoms with Crippen molar-refractivity contribution in [1.29, 1.82) is 0 Å². The highest BCUT2D eigenvalue weighted by atomic mass is 19.1. The Balaban J connectivity index is 0.000000872. The van der Waals surface area contributed by atoms with Gasteiger partial charge in [-0.1, -0.05) is 44.2 Å². The van der Waals surface area contributed by atoms with Gasteiger partial charge in [0.25, 0.3) is 0 Å². The summed E-state index contributed by atoms with van der Waals surface area (Å²) in [4.78, 5) is 9.24. The molecule has 3 nitrogen and oxygen atoms in total. The van der Waals surface area contributed by atoms with Gasteiger partial charge in [-0.3, -0.25) is 4.40 Å². The van der Waals surface area contributed by atoms with Crippen LogP contribution < -0.4 is 0 Å². The van der Waals surface area contributed by atoms with Gasteiger partial charge in [-0.25, -0.2) is 18.7 Å². The van der Waals surface area contributed by atoms with E-state index >= 15 is 0 Å². The third kappa shape index (κ3) is 2.63. The third-order valence-electron chi connectivity index (χ3n) is 4.35. The van der Waals surface area contributed by atoms with E-state index in [0.717, 1.165) is 5.39 Å². The Labute approximate surface area is 154 Å². The fourth-order valence-electron chi connectivity index (χ4n) is 3.25. The topological polar surface area (TPSA) is 30.2 Å². The zero-order chi connectivity index (χ0) is 19.0. The Bertz CT molecular complexity index is 1250. The van der Waals surface area contributed by atoms with Gasteiger partial charge in [-0.05, 0) is 30.3 Å². The molecule has 0 saturated heterocycles. The number of imidazole rings is 1. The lowest BCUT2D eigenvalue weighted by atomic mass is 10.1. The predicted molar refractivity (Wildman–Crippen MR) is 105 cm³/mol. The first kappa shape index (κ1) is 17.1. The fourth-order valence-corrected chi connectivity index (χ4v) is 3.25. The van der Waals surface area contributed by atoms with Gasteiger partial charge in [0.05, 0.1) is 11.1 Å². The molecule has 3 aromatic heterocycles. The van der Waals surface area contributed by atoms with E-state index in [4.69, 9.17) is 0 Å². The molecule has 0 N–H and O–H groups in total. The standard InChI is InChI=1S/C20H11F2N3.C2H6/c21-13-7-5-8-14(22)17(13)19-20-18(12-6-1-2-9-15(12)23-19)24-16-10-3-4-11-25(16)20;1-2/h1-11H;1-2H3. The molecule has 2 aromatic carbocycles. The van der Waals surface area contributed by atoms with E-state index in [0.29, 0.717) is 22.2 Å². The summed E-state index contributed by atoms with van der Waals surface area (Å²) < 4.78 is 30.7. The Morgan fingerprint density at radius 2 is 1.48 bits per heavy atom. The first-order valence-corrected chi connectivity index (χ1v) is 8.84. The number of benzene rings is 2. The van der Waals surface area contributed by atoms with Gasteiger partial charge in [-0.2, -0.15) is 0 Å². The lowest BCUT2D eigenvalue weighted by Crippen LogP contribution is -1.96. The molecule has 0 bridgehead atoms. The smallest absolute Gasteiger partial charge is 0.137 e. The van der Waals surface area contributed by atoms with E-state index in [9.17, 15) is 8.78 Å². The molecule has 5 aromatic rings. The van der Waals surface area contributed by atoms with Crippen LogP contribution in [-0.2, 0) is 0 Å². The maximum atomic E-state index is 14.5. The molecular formula is C22H17F2N3. The minimum absolute atomic E-state index is 0.135. The number of fused-ring (bicyclic) bond motifs is 5. The summed E-state index contributed by atoms with van der Waals surface area (Å²) in [7, 11) is 0. The van der Waals surface area contributed by atoms with Crippen molar-refractivity contribution in [2.75, 3.05) is 0 Å². The molecule has 0 fully saturated rings. The molecule has 0 amide bonds. The van der Waals surface area contributed by atoms with Crippen molar-refractivity contribution in [3.05, 3.63) is 78.5 Å². The zero-order valence-corrected chi connectivity index (χ0v) is 14.9. The van der Waals surface area contributed by atoms with E-state index < -0.39 is 11.6 Å². The summed E-state index contributed by atoms with van der Waals surface area (Å²) in [6.45, 7) is 4.00. The lowest BCUT2D eigenvalue weighted by molar-refractivity contribution is 0.589. The van der Waals surface area contributed by atoms with Crippen LogP contribution in [0, 0.1) is 11.6 Å². The van der Waals surface area contributed by atoms with E-state index in [1.165, 1.54) is 18.2 Å². The van der Waals surface area contributed by atoms with Gasteiger partial charge < -0.3 is 0 Å². The highest BCUT2D eigenvalue weighted by Gasteiger charge is 2.20. The summed E-state index contributed by atoms with van der Waals surface area (Å²) in [5.41, 5.74) is 2.74. The van der Waals surface area contributed by atoms with Crippen LogP contribution in [0.5, 0.6) is 0 Å². The number of aromatic nitrogens is 3. The van der Waals surface area contributed by atoms with Crippen molar-refractivity contribution in [1.82, 2.24) is 14.4 Å². The van der Waals surface area contributed by atoms with Crippen LogP contribution in [0.1, 0.15) is 13.8 Å². The molecule has 134 valence electrons. The Morgan fingerprint density at radius 1 is 0.778 bits per heavy atom. The normalized spacial score (nSPS) is 11.0. The molecule has 0 spiro atoms. The second-order valence-corrected chi connectivity index (χ2v) is 5.81. The van der Waals surface area contributed by atoms with Gasteiger partial charge in [0.15, 0.2) is 0 Å². The molecule has 0 aliphatic heterocycles. The number of hydrogen-bond donors (Lipinski definition) is 0. The molecule has 0 aliphatic carbocycles.